The van der Waals surface area contributed by atoms with E-state index in [1.807, 2.05) is 19.9 Å². The summed E-state index contributed by atoms with van der Waals surface area (Å²) in [7, 11) is -3.68. The van der Waals surface area contributed by atoms with Crippen LogP contribution in [0, 0.1) is 13.8 Å². The average Bonchev–Trinajstić information content (AvgIpc) is 2.58. The van der Waals surface area contributed by atoms with Gasteiger partial charge in [-0.1, -0.05) is 6.07 Å². The zero-order valence-electron chi connectivity index (χ0n) is 16.6. The van der Waals surface area contributed by atoms with Crippen LogP contribution in [0.1, 0.15) is 25.0 Å². The van der Waals surface area contributed by atoms with Crippen LogP contribution in [0.2, 0.25) is 0 Å². The van der Waals surface area contributed by atoms with Crippen molar-refractivity contribution in [1.82, 2.24) is 0 Å². The molecule has 0 aromatic heterocycles. The lowest BCUT2D eigenvalue weighted by atomic mass is 10.1. The Kier molecular flexibility index (Phi) is 6.45. The maximum absolute atomic E-state index is 12.7. The number of nitrogens with zero attached hydrogens (tertiary/aromatic N) is 1. The maximum Gasteiger partial charge on any atom is 0.247 e. The van der Waals surface area contributed by atoms with Gasteiger partial charge in [0.05, 0.1) is 11.9 Å². The fourth-order valence-corrected chi connectivity index (χ4v) is 3.93. The van der Waals surface area contributed by atoms with E-state index in [2.05, 4.69) is 10.6 Å². The Morgan fingerprint density at radius 2 is 1.46 bits per heavy atom. The highest BCUT2D eigenvalue weighted by molar-refractivity contribution is 7.92. The van der Waals surface area contributed by atoms with Crippen LogP contribution in [0.4, 0.5) is 17.1 Å². The van der Waals surface area contributed by atoms with E-state index in [0.717, 1.165) is 21.7 Å². The molecule has 0 unspecified atom stereocenters. The van der Waals surface area contributed by atoms with Gasteiger partial charge in [-0.25, -0.2) is 8.42 Å². The molecule has 2 rings (SSSR count). The van der Waals surface area contributed by atoms with Crippen LogP contribution in [0.25, 0.3) is 0 Å². The van der Waals surface area contributed by atoms with Gasteiger partial charge in [0.2, 0.25) is 21.8 Å². The van der Waals surface area contributed by atoms with Crippen molar-refractivity contribution in [2.75, 3.05) is 21.2 Å². The van der Waals surface area contributed by atoms with E-state index >= 15 is 0 Å². The van der Waals surface area contributed by atoms with Crippen molar-refractivity contribution in [3.8, 4) is 0 Å². The minimum absolute atomic E-state index is 0.192. The molecule has 0 bridgehead atoms. The van der Waals surface area contributed by atoms with E-state index in [0.29, 0.717) is 17.1 Å². The SMILES string of the molecule is CC(=O)Nc1ccc(NC(=O)[C@@H](C)N(c2ccc(C)c(C)c2)S(C)(=O)=O)cc1. The Balaban J connectivity index is 2.24. The number of benzene rings is 2. The van der Waals surface area contributed by atoms with E-state index in [1.54, 1.807) is 36.4 Å². The first-order chi connectivity index (χ1) is 13.0. The van der Waals surface area contributed by atoms with Gasteiger partial charge in [0, 0.05) is 18.3 Å². The van der Waals surface area contributed by atoms with E-state index in [4.69, 9.17) is 0 Å². The molecule has 0 aliphatic rings. The van der Waals surface area contributed by atoms with Crippen molar-refractivity contribution in [3.05, 3.63) is 53.6 Å². The number of aryl methyl sites for hydroxylation is 2. The van der Waals surface area contributed by atoms with Crippen molar-refractivity contribution in [3.63, 3.8) is 0 Å². The summed E-state index contributed by atoms with van der Waals surface area (Å²) in [6, 6.07) is 10.9. The second-order valence-electron chi connectivity index (χ2n) is 6.75. The number of amides is 2. The van der Waals surface area contributed by atoms with Crippen molar-refractivity contribution < 1.29 is 18.0 Å². The van der Waals surface area contributed by atoms with Gasteiger partial charge < -0.3 is 10.6 Å². The molecule has 0 heterocycles. The number of carbonyl (C=O) groups is 2. The monoisotopic (exact) mass is 403 g/mol. The molecule has 0 radical (unpaired) electrons. The summed E-state index contributed by atoms with van der Waals surface area (Å²) < 4.78 is 25.9. The van der Waals surface area contributed by atoms with E-state index in [-0.39, 0.29) is 5.91 Å². The molecular formula is C20H25N3O4S. The van der Waals surface area contributed by atoms with Crippen LogP contribution < -0.4 is 14.9 Å². The zero-order valence-corrected chi connectivity index (χ0v) is 17.4. The first kappa shape index (κ1) is 21.4. The fourth-order valence-electron chi connectivity index (χ4n) is 2.76. The summed E-state index contributed by atoms with van der Waals surface area (Å²) >= 11 is 0. The van der Waals surface area contributed by atoms with Crippen LogP contribution in [-0.4, -0.2) is 32.5 Å². The van der Waals surface area contributed by atoms with Crippen molar-refractivity contribution in [1.29, 1.82) is 0 Å². The summed E-state index contributed by atoms with van der Waals surface area (Å²) in [6.07, 6.45) is 1.08. The Bertz CT molecular complexity index is 985. The van der Waals surface area contributed by atoms with Crippen LogP contribution in [0.15, 0.2) is 42.5 Å². The molecule has 2 amide bonds. The van der Waals surface area contributed by atoms with Gasteiger partial charge in [0.1, 0.15) is 6.04 Å². The molecule has 2 aromatic carbocycles. The second-order valence-corrected chi connectivity index (χ2v) is 8.61. The number of sulfonamides is 1. The minimum atomic E-state index is -3.68. The van der Waals surface area contributed by atoms with Crippen LogP contribution >= 0.6 is 0 Å². The van der Waals surface area contributed by atoms with E-state index in [9.17, 15) is 18.0 Å². The maximum atomic E-state index is 12.7. The van der Waals surface area contributed by atoms with Crippen molar-refractivity contribution >= 4 is 38.9 Å². The Hall–Kier alpha value is -2.87. The van der Waals surface area contributed by atoms with Gasteiger partial charge in [-0.3, -0.25) is 13.9 Å². The summed E-state index contributed by atoms with van der Waals surface area (Å²) in [6.45, 7) is 6.77. The van der Waals surface area contributed by atoms with Crippen LogP contribution in [-0.2, 0) is 19.6 Å². The summed E-state index contributed by atoms with van der Waals surface area (Å²) in [4.78, 5) is 23.8. The predicted octanol–water partition coefficient (Wildman–Crippen LogP) is 3.06. The topological polar surface area (TPSA) is 95.6 Å². The third kappa shape index (κ3) is 5.32. The summed E-state index contributed by atoms with van der Waals surface area (Å²) in [5.41, 5.74) is 3.51. The molecular weight excluding hydrogens is 378 g/mol. The normalized spacial score (nSPS) is 12.2. The Morgan fingerprint density at radius 3 is 1.93 bits per heavy atom. The van der Waals surface area contributed by atoms with Crippen molar-refractivity contribution in [2.45, 2.75) is 33.7 Å². The predicted molar refractivity (Wildman–Crippen MR) is 112 cm³/mol. The number of anilines is 3. The molecule has 0 fully saturated rings. The minimum Gasteiger partial charge on any atom is -0.326 e. The quantitative estimate of drug-likeness (QED) is 0.775. The third-order valence-corrected chi connectivity index (χ3v) is 5.55. The molecule has 0 aliphatic heterocycles. The van der Waals surface area contributed by atoms with Gasteiger partial charge in [-0.05, 0) is 68.3 Å². The van der Waals surface area contributed by atoms with Gasteiger partial charge >= 0.3 is 0 Å². The van der Waals surface area contributed by atoms with Gasteiger partial charge in [0.15, 0.2) is 0 Å². The Morgan fingerprint density at radius 1 is 0.929 bits per heavy atom. The summed E-state index contributed by atoms with van der Waals surface area (Å²) in [5.74, 6) is -0.654. The number of carbonyl (C=O) groups excluding carboxylic acids is 2. The van der Waals surface area contributed by atoms with Crippen LogP contribution in [0.3, 0.4) is 0 Å². The number of rotatable bonds is 6. The molecule has 0 aliphatic carbocycles. The molecule has 0 saturated heterocycles. The van der Waals surface area contributed by atoms with Crippen molar-refractivity contribution in [2.24, 2.45) is 0 Å². The van der Waals surface area contributed by atoms with Gasteiger partial charge in [-0.15, -0.1) is 0 Å². The second kappa shape index (κ2) is 8.43. The van der Waals surface area contributed by atoms with Crippen LogP contribution in [0.5, 0.6) is 0 Å². The number of hydrogen-bond acceptors (Lipinski definition) is 4. The smallest absolute Gasteiger partial charge is 0.247 e. The molecule has 7 nitrogen and oxygen atoms in total. The lowest BCUT2D eigenvalue weighted by Crippen LogP contribution is -2.45. The highest BCUT2D eigenvalue weighted by atomic mass is 32.2. The molecule has 0 saturated carbocycles. The lowest BCUT2D eigenvalue weighted by molar-refractivity contribution is -0.117. The van der Waals surface area contributed by atoms with Gasteiger partial charge in [0.25, 0.3) is 0 Å². The Labute approximate surface area is 165 Å². The first-order valence-electron chi connectivity index (χ1n) is 8.74. The fraction of sp³-hybridized carbons (Fsp3) is 0.300. The van der Waals surface area contributed by atoms with E-state index < -0.39 is 22.0 Å². The third-order valence-electron chi connectivity index (χ3n) is 4.31. The molecule has 28 heavy (non-hydrogen) atoms. The number of hydrogen-bond donors (Lipinski definition) is 2. The molecule has 2 aromatic rings. The standard InChI is InChI=1S/C20H25N3O4S/c1-13-6-11-19(12-14(13)2)23(28(5,26)27)15(3)20(25)22-18-9-7-17(8-10-18)21-16(4)24/h6-12,15H,1-5H3,(H,21,24)(H,22,25)/t15-/m1/s1. The highest BCUT2D eigenvalue weighted by Crippen LogP contribution is 2.24. The largest absolute Gasteiger partial charge is 0.326 e. The molecule has 150 valence electrons. The molecule has 8 heteroatoms. The van der Waals surface area contributed by atoms with Gasteiger partial charge in [-0.2, -0.15) is 0 Å². The summed E-state index contributed by atoms with van der Waals surface area (Å²) in [5, 5.41) is 5.35. The molecule has 0 spiro atoms. The highest BCUT2D eigenvalue weighted by Gasteiger charge is 2.29. The average molecular weight is 404 g/mol. The van der Waals surface area contributed by atoms with E-state index in [1.165, 1.54) is 13.8 Å². The molecule has 2 N–H and O–H groups in total. The number of nitrogens with one attached hydrogen (secondary N) is 2. The molecule has 1 atom stereocenters. The first-order valence-corrected chi connectivity index (χ1v) is 10.6. The lowest BCUT2D eigenvalue weighted by Gasteiger charge is -2.28. The zero-order chi connectivity index (χ0) is 21.1.